The van der Waals surface area contributed by atoms with Crippen LogP contribution in [-0.4, -0.2) is 24.0 Å². The van der Waals surface area contributed by atoms with Crippen LogP contribution in [-0.2, 0) is 11.3 Å². The van der Waals surface area contributed by atoms with Crippen LogP contribution in [0.1, 0.15) is 31.7 Å². The first kappa shape index (κ1) is 12.5. The van der Waals surface area contributed by atoms with Gasteiger partial charge in [0.2, 0.25) is 5.91 Å². The lowest BCUT2D eigenvalue weighted by Crippen LogP contribution is -2.34. The van der Waals surface area contributed by atoms with Crippen molar-refractivity contribution in [2.24, 2.45) is 11.8 Å². The summed E-state index contributed by atoms with van der Waals surface area (Å²) in [5.74, 6) is 2.11. The second kappa shape index (κ2) is 4.87. The number of benzene rings is 1. The number of nitrogens with zero attached hydrogens (tertiary/aromatic N) is 1. The van der Waals surface area contributed by atoms with Gasteiger partial charge in [-0.05, 0) is 42.9 Å². The minimum atomic E-state index is 0.291. The van der Waals surface area contributed by atoms with E-state index in [1.807, 2.05) is 12.1 Å². The van der Waals surface area contributed by atoms with Crippen LogP contribution in [0.5, 0.6) is 5.75 Å². The van der Waals surface area contributed by atoms with Crippen molar-refractivity contribution in [2.45, 2.75) is 38.8 Å². The maximum atomic E-state index is 12.4. The van der Waals surface area contributed by atoms with Crippen molar-refractivity contribution in [3.8, 4) is 5.75 Å². The predicted octanol–water partition coefficient (Wildman–Crippen LogP) is 2.84. The summed E-state index contributed by atoms with van der Waals surface area (Å²) in [6.45, 7) is 2.91. The second-order valence-corrected chi connectivity index (χ2v) is 5.86. The summed E-state index contributed by atoms with van der Waals surface area (Å²) in [5, 5.41) is 0. The summed E-state index contributed by atoms with van der Waals surface area (Å²) in [6.07, 6.45) is 3.41. The molecule has 3 nitrogen and oxygen atoms in total. The largest absolute Gasteiger partial charge is 0.497 e. The van der Waals surface area contributed by atoms with E-state index in [9.17, 15) is 4.79 Å². The van der Waals surface area contributed by atoms with Crippen LogP contribution in [0.2, 0.25) is 0 Å². The lowest BCUT2D eigenvalue weighted by molar-refractivity contribution is -0.134. The summed E-state index contributed by atoms with van der Waals surface area (Å²) in [4.78, 5) is 14.5. The zero-order chi connectivity index (χ0) is 13.4. The number of rotatable bonds is 5. The Morgan fingerprint density at radius 2 is 1.95 bits per heavy atom. The van der Waals surface area contributed by atoms with Crippen LogP contribution in [0.25, 0.3) is 0 Å². The maximum Gasteiger partial charge on any atom is 0.226 e. The molecule has 1 aromatic rings. The van der Waals surface area contributed by atoms with Gasteiger partial charge in [0.1, 0.15) is 5.75 Å². The Labute approximate surface area is 114 Å². The molecule has 102 valence electrons. The molecule has 0 heterocycles. The van der Waals surface area contributed by atoms with Gasteiger partial charge in [-0.1, -0.05) is 19.1 Å². The third kappa shape index (κ3) is 2.75. The Hall–Kier alpha value is -1.51. The maximum absolute atomic E-state index is 12.4. The molecule has 0 radical (unpaired) electrons. The van der Waals surface area contributed by atoms with Crippen LogP contribution in [0, 0.1) is 11.8 Å². The molecule has 19 heavy (non-hydrogen) atoms. The van der Waals surface area contributed by atoms with Crippen LogP contribution in [0.15, 0.2) is 24.3 Å². The summed E-state index contributed by atoms with van der Waals surface area (Å²) in [7, 11) is 1.67. The molecule has 1 aromatic carbocycles. The first-order valence-electron chi connectivity index (χ1n) is 7.12. The monoisotopic (exact) mass is 259 g/mol. The number of carbonyl (C=O) groups is 1. The Kier molecular flexibility index (Phi) is 3.21. The average Bonchev–Trinajstić information content (AvgIpc) is 3.32. The van der Waals surface area contributed by atoms with Crippen molar-refractivity contribution in [2.75, 3.05) is 7.11 Å². The van der Waals surface area contributed by atoms with Gasteiger partial charge < -0.3 is 9.64 Å². The van der Waals surface area contributed by atoms with E-state index in [0.29, 0.717) is 23.8 Å². The minimum absolute atomic E-state index is 0.291. The van der Waals surface area contributed by atoms with E-state index in [1.165, 1.54) is 18.4 Å². The Balaban J connectivity index is 1.68. The number of amides is 1. The van der Waals surface area contributed by atoms with Gasteiger partial charge in [0.15, 0.2) is 0 Å². The van der Waals surface area contributed by atoms with Crippen molar-refractivity contribution in [1.82, 2.24) is 4.90 Å². The molecule has 0 N–H and O–H groups in total. The third-order valence-corrected chi connectivity index (χ3v) is 4.21. The molecule has 0 aromatic heterocycles. The zero-order valence-electron chi connectivity index (χ0n) is 11.6. The quantitative estimate of drug-likeness (QED) is 0.813. The SMILES string of the molecule is COc1ccc(CN(C(=O)C2CC2C)C2CC2)cc1. The molecule has 2 fully saturated rings. The van der Waals surface area contributed by atoms with E-state index in [1.54, 1.807) is 7.11 Å². The molecule has 3 rings (SSSR count). The first-order valence-corrected chi connectivity index (χ1v) is 7.12. The fourth-order valence-electron chi connectivity index (χ4n) is 2.58. The Morgan fingerprint density at radius 3 is 2.42 bits per heavy atom. The molecule has 2 saturated carbocycles. The fraction of sp³-hybridized carbons (Fsp3) is 0.562. The van der Waals surface area contributed by atoms with Gasteiger partial charge in [-0.3, -0.25) is 4.79 Å². The number of hydrogen-bond acceptors (Lipinski definition) is 2. The lowest BCUT2D eigenvalue weighted by atomic mass is 10.2. The highest BCUT2D eigenvalue weighted by atomic mass is 16.5. The molecule has 3 heteroatoms. The van der Waals surface area contributed by atoms with E-state index in [4.69, 9.17) is 4.74 Å². The van der Waals surface area contributed by atoms with Gasteiger partial charge in [0, 0.05) is 18.5 Å². The molecule has 2 unspecified atom stereocenters. The highest BCUT2D eigenvalue weighted by Crippen LogP contribution is 2.42. The smallest absolute Gasteiger partial charge is 0.226 e. The standard InChI is InChI=1S/C16H21NO2/c1-11-9-15(11)16(18)17(13-5-6-13)10-12-3-7-14(19-2)8-4-12/h3-4,7-8,11,13,15H,5-6,9-10H2,1-2H3. The molecule has 1 amide bonds. The zero-order valence-corrected chi connectivity index (χ0v) is 11.6. The van der Waals surface area contributed by atoms with Crippen molar-refractivity contribution in [3.05, 3.63) is 29.8 Å². The molecule has 0 aliphatic heterocycles. The van der Waals surface area contributed by atoms with E-state index < -0.39 is 0 Å². The predicted molar refractivity (Wildman–Crippen MR) is 73.8 cm³/mol. The molecule has 0 spiro atoms. The van der Waals surface area contributed by atoms with Crippen LogP contribution < -0.4 is 4.74 Å². The number of hydrogen-bond donors (Lipinski definition) is 0. The highest BCUT2D eigenvalue weighted by Gasteiger charge is 2.44. The van der Waals surface area contributed by atoms with E-state index >= 15 is 0 Å². The molecular formula is C16H21NO2. The third-order valence-electron chi connectivity index (χ3n) is 4.21. The van der Waals surface area contributed by atoms with Gasteiger partial charge in [0.25, 0.3) is 0 Å². The van der Waals surface area contributed by atoms with E-state index in [2.05, 4.69) is 24.0 Å². The van der Waals surface area contributed by atoms with Crippen LogP contribution >= 0.6 is 0 Å². The molecule has 2 atom stereocenters. The lowest BCUT2D eigenvalue weighted by Gasteiger charge is -2.23. The van der Waals surface area contributed by atoms with E-state index in [0.717, 1.165) is 18.7 Å². The summed E-state index contributed by atoms with van der Waals surface area (Å²) in [5.41, 5.74) is 1.19. The number of carbonyl (C=O) groups excluding carboxylic acids is 1. The number of ether oxygens (including phenoxy) is 1. The molecule has 0 bridgehead atoms. The summed E-state index contributed by atoms with van der Waals surface area (Å²) in [6, 6.07) is 8.52. The van der Waals surface area contributed by atoms with Crippen molar-refractivity contribution < 1.29 is 9.53 Å². The van der Waals surface area contributed by atoms with Crippen LogP contribution in [0.3, 0.4) is 0 Å². The first-order chi connectivity index (χ1) is 9.19. The second-order valence-electron chi connectivity index (χ2n) is 5.86. The Morgan fingerprint density at radius 1 is 1.32 bits per heavy atom. The van der Waals surface area contributed by atoms with Crippen LogP contribution in [0.4, 0.5) is 0 Å². The van der Waals surface area contributed by atoms with Crippen molar-refractivity contribution in [3.63, 3.8) is 0 Å². The molecule has 2 aliphatic rings. The van der Waals surface area contributed by atoms with Gasteiger partial charge in [-0.2, -0.15) is 0 Å². The molecule has 2 aliphatic carbocycles. The normalized spacial score (nSPS) is 24.9. The molecular weight excluding hydrogens is 238 g/mol. The summed E-state index contributed by atoms with van der Waals surface area (Å²) < 4.78 is 5.16. The van der Waals surface area contributed by atoms with Gasteiger partial charge in [-0.25, -0.2) is 0 Å². The van der Waals surface area contributed by atoms with E-state index in [-0.39, 0.29) is 0 Å². The molecule has 0 saturated heterocycles. The summed E-state index contributed by atoms with van der Waals surface area (Å²) >= 11 is 0. The number of methoxy groups -OCH3 is 1. The average molecular weight is 259 g/mol. The van der Waals surface area contributed by atoms with Crippen molar-refractivity contribution in [1.29, 1.82) is 0 Å². The Bertz CT molecular complexity index is 464. The van der Waals surface area contributed by atoms with Gasteiger partial charge in [0.05, 0.1) is 7.11 Å². The minimum Gasteiger partial charge on any atom is -0.497 e. The highest BCUT2D eigenvalue weighted by molar-refractivity contribution is 5.82. The van der Waals surface area contributed by atoms with Gasteiger partial charge in [-0.15, -0.1) is 0 Å². The fourth-order valence-corrected chi connectivity index (χ4v) is 2.58. The van der Waals surface area contributed by atoms with Gasteiger partial charge >= 0.3 is 0 Å². The van der Waals surface area contributed by atoms with Crippen molar-refractivity contribution >= 4 is 5.91 Å². The topological polar surface area (TPSA) is 29.5 Å².